The second-order valence-electron chi connectivity index (χ2n) is 6.37. The number of thioether (sulfide) groups is 1. The fourth-order valence-corrected chi connectivity index (χ4v) is 2.66. The third-order valence-electron chi connectivity index (χ3n) is 2.94. The molecule has 0 saturated heterocycles. The van der Waals surface area contributed by atoms with Gasteiger partial charge in [0.2, 0.25) is 0 Å². The largest absolute Gasteiger partial charge is 0.444 e. The molecule has 3 N–H and O–H groups in total. The van der Waals surface area contributed by atoms with Gasteiger partial charge < -0.3 is 20.7 Å². The van der Waals surface area contributed by atoms with E-state index in [-0.39, 0.29) is 6.09 Å². The number of nitrogens with zero attached hydrogens (tertiary/aromatic N) is 1. The molecule has 1 aromatic carbocycles. The van der Waals surface area contributed by atoms with Crippen molar-refractivity contribution in [2.45, 2.75) is 37.7 Å². The molecule has 0 heterocycles. The molecule has 7 heteroatoms. The summed E-state index contributed by atoms with van der Waals surface area (Å²) >= 11 is 1.81. The number of carbonyl (C=O) groups excluding carboxylic acids is 1. The van der Waals surface area contributed by atoms with Crippen LogP contribution in [0.3, 0.4) is 0 Å². The lowest BCUT2D eigenvalue weighted by Crippen LogP contribution is -2.40. The van der Waals surface area contributed by atoms with Gasteiger partial charge in [0.15, 0.2) is 5.96 Å². The summed E-state index contributed by atoms with van der Waals surface area (Å²) in [5.41, 5.74) is -0.466. The summed E-state index contributed by atoms with van der Waals surface area (Å²) in [4.78, 5) is 17.0. The number of rotatable bonds is 8. The van der Waals surface area contributed by atoms with Crippen LogP contribution >= 0.6 is 11.8 Å². The van der Waals surface area contributed by atoms with E-state index in [1.165, 1.54) is 4.90 Å². The molecule has 0 bridgehead atoms. The first-order chi connectivity index (χ1) is 11.9. The van der Waals surface area contributed by atoms with E-state index in [4.69, 9.17) is 4.74 Å². The highest BCUT2D eigenvalue weighted by molar-refractivity contribution is 7.99. The summed E-state index contributed by atoms with van der Waals surface area (Å²) in [7, 11) is 1.75. The van der Waals surface area contributed by atoms with Gasteiger partial charge in [0.05, 0.1) is 0 Å². The van der Waals surface area contributed by atoms with Crippen LogP contribution in [0, 0.1) is 0 Å². The van der Waals surface area contributed by atoms with Gasteiger partial charge in [0.25, 0.3) is 0 Å². The summed E-state index contributed by atoms with van der Waals surface area (Å²) < 4.78 is 5.18. The summed E-state index contributed by atoms with van der Waals surface area (Å²) in [6, 6.07) is 10.3. The predicted molar refractivity (Wildman–Crippen MR) is 105 cm³/mol. The van der Waals surface area contributed by atoms with Crippen molar-refractivity contribution >= 4 is 23.8 Å². The fourth-order valence-electron chi connectivity index (χ4n) is 1.88. The highest BCUT2D eigenvalue weighted by Crippen LogP contribution is 2.15. The zero-order valence-corrected chi connectivity index (χ0v) is 16.4. The van der Waals surface area contributed by atoms with Crippen molar-refractivity contribution in [1.82, 2.24) is 16.0 Å². The van der Waals surface area contributed by atoms with Crippen LogP contribution in [0.15, 0.2) is 40.2 Å². The van der Waals surface area contributed by atoms with Crippen molar-refractivity contribution in [2.24, 2.45) is 4.99 Å². The van der Waals surface area contributed by atoms with Crippen LogP contribution in [-0.2, 0) is 4.74 Å². The molecule has 0 fully saturated rings. The number of ether oxygens (including phenoxy) is 1. The molecule has 0 aromatic heterocycles. The van der Waals surface area contributed by atoms with Crippen molar-refractivity contribution in [3.8, 4) is 0 Å². The average Bonchev–Trinajstić information content (AvgIpc) is 2.55. The summed E-state index contributed by atoms with van der Waals surface area (Å²) in [6.07, 6.45) is 0.409. The highest BCUT2D eigenvalue weighted by Gasteiger charge is 2.15. The number of nitrogens with one attached hydrogen (secondary N) is 3. The number of hydrogen-bond acceptors (Lipinski definition) is 4. The number of alkyl carbamates (subject to hydrolysis) is 1. The lowest BCUT2D eigenvalue weighted by Gasteiger charge is -2.19. The standard InChI is InChI=1S/C18H30N4O2S/c1-18(2,3)24-17(23)22-12-8-11-20-16(19-4)21-13-14-25-15-9-6-5-7-10-15/h5-7,9-10H,8,11-14H2,1-4H3,(H,22,23)(H2,19,20,21). The topological polar surface area (TPSA) is 74.8 Å². The van der Waals surface area contributed by atoms with Crippen molar-refractivity contribution in [1.29, 1.82) is 0 Å². The van der Waals surface area contributed by atoms with Crippen LogP contribution in [0.25, 0.3) is 0 Å². The Labute approximate surface area is 155 Å². The van der Waals surface area contributed by atoms with E-state index in [1.807, 2.05) is 39.0 Å². The molecule has 0 unspecified atom stereocenters. The molecule has 0 spiro atoms. The average molecular weight is 367 g/mol. The van der Waals surface area contributed by atoms with Crippen molar-refractivity contribution in [2.75, 3.05) is 32.4 Å². The molecule has 1 aromatic rings. The molecule has 0 saturated carbocycles. The van der Waals surface area contributed by atoms with E-state index in [1.54, 1.807) is 18.8 Å². The smallest absolute Gasteiger partial charge is 0.407 e. The van der Waals surface area contributed by atoms with E-state index < -0.39 is 5.60 Å². The zero-order chi connectivity index (χ0) is 18.5. The van der Waals surface area contributed by atoms with Crippen LogP contribution in [0.5, 0.6) is 0 Å². The Hall–Kier alpha value is -1.89. The van der Waals surface area contributed by atoms with Crippen LogP contribution in [0.4, 0.5) is 4.79 Å². The van der Waals surface area contributed by atoms with Gasteiger partial charge in [-0.3, -0.25) is 4.99 Å². The Morgan fingerprint density at radius 2 is 1.72 bits per heavy atom. The first-order valence-electron chi connectivity index (χ1n) is 8.50. The monoisotopic (exact) mass is 366 g/mol. The quantitative estimate of drug-likeness (QED) is 0.285. The molecule has 1 rings (SSSR count). The van der Waals surface area contributed by atoms with Gasteiger partial charge in [-0.05, 0) is 39.3 Å². The van der Waals surface area contributed by atoms with Gasteiger partial charge in [-0.25, -0.2) is 4.79 Å². The molecule has 0 aliphatic heterocycles. The molecule has 0 radical (unpaired) electrons. The molecule has 25 heavy (non-hydrogen) atoms. The van der Waals surface area contributed by atoms with Gasteiger partial charge in [-0.15, -0.1) is 11.8 Å². The maximum absolute atomic E-state index is 11.5. The molecular weight excluding hydrogens is 336 g/mol. The van der Waals surface area contributed by atoms with Crippen LogP contribution in [-0.4, -0.2) is 50.1 Å². The molecule has 0 atom stereocenters. The fraction of sp³-hybridized carbons (Fsp3) is 0.556. The molecule has 1 amide bonds. The normalized spacial score (nSPS) is 11.8. The van der Waals surface area contributed by atoms with Crippen LogP contribution in [0.2, 0.25) is 0 Å². The van der Waals surface area contributed by atoms with Crippen LogP contribution in [0.1, 0.15) is 27.2 Å². The summed E-state index contributed by atoms with van der Waals surface area (Å²) in [5.74, 6) is 1.73. The highest BCUT2D eigenvalue weighted by atomic mass is 32.2. The maximum atomic E-state index is 11.5. The molecule has 140 valence electrons. The van der Waals surface area contributed by atoms with E-state index in [2.05, 4.69) is 33.1 Å². The Balaban J connectivity index is 2.07. The van der Waals surface area contributed by atoms with E-state index in [0.29, 0.717) is 6.54 Å². The number of guanidine groups is 1. The zero-order valence-electron chi connectivity index (χ0n) is 15.6. The van der Waals surface area contributed by atoms with Crippen LogP contribution < -0.4 is 16.0 Å². The number of carbonyl (C=O) groups is 1. The molecule has 6 nitrogen and oxygen atoms in total. The van der Waals surface area contributed by atoms with E-state index in [9.17, 15) is 4.79 Å². The number of benzene rings is 1. The van der Waals surface area contributed by atoms with E-state index >= 15 is 0 Å². The first-order valence-corrected chi connectivity index (χ1v) is 9.48. The van der Waals surface area contributed by atoms with Gasteiger partial charge in [0, 0.05) is 37.3 Å². The third kappa shape index (κ3) is 11.3. The third-order valence-corrected chi connectivity index (χ3v) is 3.96. The number of amides is 1. The van der Waals surface area contributed by atoms with Gasteiger partial charge in [-0.2, -0.15) is 0 Å². The minimum Gasteiger partial charge on any atom is -0.444 e. The molecule has 0 aliphatic carbocycles. The lowest BCUT2D eigenvalue weighted by atomic mass is 10.2. The Kier molecular flexibility index (Phi) is 9.84. The SMILES string of the molecule is CN=C(NCCCNC(=O)OC(C)(C)C)NCCSc1ccccc1. The Morgan fingerprint density at radius 3 is 2.36 bits per heavy atom. The minimum atomic E-state index is -0.466. The maximum Gasteiger partial charge on any atom is 0.407 e. The lowest BCUT2D eigenvalue weighted by molar-refractivity contribution is 0.0527. The molecule has 0 aliphatic rings. The number of aliphatic imine (C=N–C) groups is 1. The molecular formula is C18H30N4O2S. The van der Waals surface area contributed by atoms with Gasteiger partial charge in [0.1, 0.15) is 5.60 Å². The summed E-state index contributed by atoms with van der Waals surface area (Å²) in [6.45, 7) is 7.65. The van der Waals surface area contributed by atoms with Crippen molar-refractivity contribution in [3.05, 3.63) is 30.3 Å². The number of hydrogen-bond donors (Lipinski definition) is 3. The second kappa shape index (κ2) is 11.6. The Morgan fingerprint density at radius 1 is 1.08 bits per heavy atom. The first kappa shape index (κ1) is 21.2. The van der Waals surface area contributed by atoms with Crippen molar-refractivity contribution in [3.63, 3.8) is 0 Å². The van der Waals surface area contributed by atoms with Gasteiger partial charge in [-0.1, -0.05) is 18.2 Å². The summed E-state index contributed by atoms with van der Waals surface area (Å²) in [5, 5.41) is 9.24. The second-order valence-corrected chi connectivity index (χ2v) is 7.54. The van der Waals surface area contributed by atoms with Crippen molar-refractivity contribution < 1.29 is 9.53 Å². The Bertz CT molecular complexity index is 530. The predicted octanol–water partition coefficient (Wildman–Crippen LogP) is 2.86. The van der Waals surface area contributed by atoms with Gasteiger partial charge >= 0.3 is 6.09 Å². The minimum absolute atomic E-state index is 0.382. The van der Waals surface area contributed by atoms with E-state index in [0.717, 1.165) is 31.2 Å².